The number of hydrogen-bond donors (Lipinski definition) is 0. The summed E-state index contributed by atoms with van der Waals surface area (Å²) in [7, 11) is 0. The second-order valence-corrected chi connectivity index (χ2v) is 4.31. The summed E-state index contributed by atoms with van der Waals surface area (Å²) in [5, 5.41) is 0.939. The van der Waals surface area contributed by atoms with Gasteiger partial charge in [-0.2, -0.15) is 5.06 Å². The summed E-state index contributed by atoms with van der Waals surface area (Å²) >= 11 is 0. The topological polar surface area (TPSA) is 55.8 Å². The molecule has 5 nitrogen and oxygen atoms in total. The quantitative estimate of drug-likeness (QED) is 0.509. The molecule has 5 heteroatoms. The molecule has 0 spiro atoms. The van der Waals surface area contributed by atoms with E-state index >= 15 is 0 Å². The fraction of sp³-hybridized carbons (Fsp3) is 0.636. The van der Waals surface area contributed by atoms with Crippen molar-refractivity contribution in [2.45, 2.75) is 25.6 Å². The first-order valence-electron chi connectivity index (χ1n) is 5.58. The number of rotatable bonds is 3. The van der Waals surface area contributed by atoms with Crippen molar-refractivity contribution >= 4 is 11.8 Å². The fourth-order valence-corrected chi connectivity index (χ4v) is 2.59. The molecule has 0 radical (unpaired) electrons. The van der Waals surface area contributed by atoms with Crippen molar-refractivity contribution in [3.63, 3.8) is 0 Å². The lowest BCUT2D eigenvalue weighted by molar-refractivity contribution is -0.191. The minimum absolute atomic E-state index is 0.235. The third-order valence-corrected chi connectivity index (χ3v) is 3.29. The van der Waals surface area contributed by atoms with Crippen LogP contribution in [-0.2, 0) is 19.2 Å². The van der Waals surface area contributed by atoms with Crippen LogP contribution in [0.1, 0.15) is 13.3 Å². The van der Waals surface area contributed by atoms with Crippen molar-refractivity contribution in [2.24, 2.45) is 11.8 Å². The molecule has 0 aromatic heterocycles. The molecule has 0 unspecified atom stereocenters. The Balaban J connectivity index is 1.83. The number of nitrogens with zero attached hydrogens (tertiary/aromatic N) is 1. The number of carbonyl (C=O) groups excluding carboxylic acids is 2. The summed E-state index contributed by atoms with van der Waals surface area (Å²) in [4.78, 5) is 29.1. The van der Waals surface area contributed by atoms with E-state index in [0.717, 1.165) is 11.5 Å². The first kappa shape index (κ1) is 9.99. The second-order valence-electron chi connectivity index (χ2n) is 4.31. The Morgan fingerprint density at radius 3 is 2.31 bits per heavy atom. The molecule has 0 aromatic carbocycles. The lowest BCUT2D eigenvalue weighted by Gasteiger charge is -2.16. The third-order valence-electron chi connectivity index (χ3n) is 3.29. The van der Waals surface area contributed by atoms with Crippen LogP contribution < -0.4 is 0 Å². The van der Waals surface area contributed by atoms with Gasteiger partial charge < -0.3 is 4.74 Å². The Kier molecular flexibility index (Phi) is 2.12. The van der Waals surface area contributed by atoms with Crippen LogP contribution in [0.2, 0.25) is 0 Å². The van der Waals surface area contributed by atoms with Gasteiger partial charge in [-0.05, 0) is 6.42 Å². The van der Waals surface area contributed by atoms with Crippen LogP contribution in [0, 0.1) is 11.8 Å². The zero-order valence-electron chi connectivity index (χ0n) is 8.96. The van der Waals surface area contributed by atoms with Gasteiger partial charge in [-0.3, -0.25) is 14.4 Å². The summed E-state index contributed by atoms with van der Waals surface area (Å²) in [5.74, 6) is -1.22. The molecule has 2 fully saturated rings. The minimum atomic E-state index is -0.362. The van der Waals surface area contributed by atoms with E-state index in [4.69, 9.17) is 9.57 Å². The van der Waals surface area contributed by atoms with E-state index in [1.54, 1.807) is 0 Å². The van der Waals surface area contributed by atoms with E-state index < -0.39 is 0 Å². The predicted molar refractivity (Wildman–Crippen MR) is 52.9 cm³/mol. The van der Waals surface area contributed by atoms with Crippen molar-refractivity contribution in [1.29, 1.82) is 0 Å². The first-order valence-corrected chi connectivity index (χ1v) is 5.58. The number of fused-ring (bicyclic) bond motifs is 5. The van der Waals surface area contributed by atoms with Crippen LogP contribution in [0.25, 0.3) is 0 Å². The number of carbonyl (C=O) groups is 2. The largest absolute Gasteiger partial charge is 0.365 e. The summed E-state index contributed by atoms with van der Waals surface area (Å²) < 4.78 is 5.50. The number of ether oxygens (including phenoxy) is 1. The Morgan fingerprint density at radius 1 is 1.25 bits per heavy atom. The molecule has 0 saturated carbocycles. The van der Waals surface area contributed by atoms with Gasteiger partial charge in [-0.1, -0.05) is 19.1 Å². The van der Waals surface area contributed by atoms with Crippen LogP contribution in [0.15, 0.2) is 12.2 Å². The highest BCUT2D eigenvalue weighted by atomic mass is 16.7. The van der Waals surface area contributed by atoms with Crippen molar-refractivity contribution in [3.8, 4) is 0 Å². The zero-order valence-corrected chi connectivity index (χ0v) is 8.96. The van der Waals surface area contributed by atoms with Gasteiger partial charge in [0.25, 0.3) is 11.8 Å². The van der Waals surface area contributed by atoms with Gasteiger partial charge in [0.05, 0.1) is 30.7 Å². The Hall–Kier alpha value is -1.20. The molecule has 2 bridgehead atoms. The molecule has 2 amide bonds. The lowest BCUT2D eigenvalue weighted by atomic mass is 9.85. The molecule has 0 aliphatic carbocycles. The van der Waals surface area contributed by atoms with Crippen LogP contribution in [0.3, 0.4) is 0 Å². The van der Waals surface area contributed by atoms with Crippen molar-refractivity contribution < 1.29 is 19.2 Å². The van der Waals surface area contributed by atoms with Crippen LogP contribution in [-0.4, -0.2) is 35.7 Å². The Labute approximate surface area is 92.9 Å². The Bertz CT molecular complexity index is 348. The normalized spacial score (nSPS) is 39.9. The number of amides is 2. The van der Waals surface area contributed by atoms with Crippen molar-refractivity contribution in [1.82, 2.24) is 5.06 Å². The molecular formula is C11H13NO4. The van der Waals surface area contributed by atoms with Crippen molar-refractivity contribution in [2.75, 3.05) is 6.61 Å². The highest BCUT2D eigenvalue weighted by Crippen LogP contribution is 2.45. The highest BCUT2D eigenvalue weighted by molar-refractivity contribution is 6.05. The van der Waals surface area contributed by atoms with E-state index in [9.17, 15) is 9.59 Å². The van der Waals surface area contributed by atoms with Crippen LogP contribution >= 0.6 is 0 Å². The summed E-state index contributed by atoms with van der Waals surface area (Å²) in [5.41, 5.74) is 0. The fourth-order valence-electron chi connectivity index (χ4n) is 2.59. The van der Waals surface area contributed by atoms with Gasteiger partial charge in [0, 0.05) is 0 Å². The average Bonchev–Trinajstić information content (AvgIpc) is 2.92. The van der Waals surface area contributed by atoms with Gasteiger partial charge in [0.2, 0.25) is 0 Å². The monoisotopic (exact) mass is 223 g/mol. The molecule has 0 aromatic rings. The van der Waals surface area contributed by atoms with E-state index in [2.05, 4.69) is 0 Å². The maximum atomic E-state index is 12.0. The SMILES string of the molecule is CCCON1C(=O)[C@@H]2[C@H](C1=O)[C@H]1C=C[C@H]2O1. The molecule has 0 N–H and O–H groups in total. The van der Waals surface area contributed by atoms with E-state index in [0.29, 0.717) is 6.61 Å². The van der Waals surface area contributed by atoms with E-state index in [1.807, 2.05) is 19.1 Å². The Morgan fingerprint density at radius 2 is 1.81 bits per heavy atom. The minimum Gasteiger partial charge on any atom is -0.365 e. The van der Waals surface area contributed by atoms with Crippen LogP contribution in [0.4, 0.5) is 0 Å². The summed E-state index contributed by atoms with van der Waals surface area (Å²) in [6, 6.07) is 0. The maximum Gasteiger partial charge on any atom is 0.260 e. The first-order chi connectivity index (χ1) is 7.74. The second kappa shape index (κ2) is 3.40. The van der Waals surface area contributed by atoms with Gasteiger partial charge >= 0.3 is 0 Å². The molecular weight excluding hydrogens is 210 g/mol. The predicted octanol–water partition coefficient (Wildman–Crippen LogP) is 0.266. The average molecular weight is 223 g/mol. The molecule has 16 heavy (non-hydrogen) atoms. The lowest BCUT2D eigenvalue weighted by Crippen LogP contribution is -2.34. The van der Waals surface area contributed by atoms with Gasteiger partial charge in [0.15, 0.2) is 0 Å². The standard InChI is InChI=1S/C11H13NO4/c1-2-5-15-12-10(13)8-6-3-4-7(16-6)9(8)11(12)14/h3-4,6-9H,2,5H2,1H3/t6-,7-,8-,9+/m1/s1. The molecule has 3 rings (SSSR count). The number of imide groups is 1. The van der Waals surface area contributed by atoms with Crippen LogP contribution in [0.5, 0.6) is 0 Å². The van der Waals surface area contributed by atoms with Gasteiger partial charge in [-0.15, -0.1) is 0 Å². The molecule has 2 saturated heterocycles. The number of hydrogen-bond acceptors (Lipinski definition) is 4. The highest BCUT2D eigenvalue weighted by Gasteiger charge is 2.61. The zero-order chi connectivity index (χ0) is 11.3. The molecule has 4 atom stereocenters. The molecule has 3 aliphatic heterocycles. The smallest absolute Gasteiger partial charge is 0.260 e. The maximum absolute atomic E-state index is 12.0. The molecule has 86 valence electrons. The molecule has 3 heterocycles. The van der Waals surface area contributed by atoms with Gasteiger partial charge in [0.1, 0.15) is 0 Å². The van der Waals surface area contributed by atoms with E-state index in [-0.39, 0.29) is 35.9 Å². The molecule has 3 aliphatic rings. The van der Waals surface area contributed by atoms with Gasteiger partial charge in [-0.25, -0.2) is 0 Å². The van der Waals surface area contributed by atoms with E-state index in [1.165, 1.54) is 0 Å². The van der Waals surface area contributed by atoms with Crippen molar-refractivity contribution in [3.05, 3.63) is 12.2 Å². The summed E-state index contributed by atoms with van der Waals surface area (Å²) in [6.45, 7) is 2.32. The number of hydroxylamine groups is 2. The third kappa shape index (κ3) is 1.13. The summed E-state index contributed by atoms with van der Waals surface area (Å²) in [6.07, 6.45) is 4.03.